The molecule has 0 aromatic carbocycles. The molecular weight excluding hydrogens is 206 g/mol. The van der Waals surface area contributed by atoms with Crippen LogP contribution < -0.4 is 5.32 Å². The number of anilines is 1. The Morgan fingerprint density at radius 2 is 2.33 bits per heavy atom. The van der Waals surface area contributed by atoms with E-state index in [-0.39, 0.29) is 0 Å². The molecule has 15 heavy (non-hydrogen) atoms. The number of hydrogen-bond acceptors (Lipinski definition) is 3. The molecule has 1 heterocycles. The van der Waals surface area contributed by atoms with Crippen LogP contribution in [0.25, 0.3) is 0 Å². The van der Waals surface area contributed by atoms with E-state index >= 15 is 0 Å². The van der Waals surface area contributed by atoms with Crippen molar-refractivity contribution in [3.8, 4) is 0 Å². The number of nitrogens with zero attached hydrogens (tertiary/aromatic N) is 2. The smallest absolute Gasteiger partial charge is 0.202 e. The maximum atomic E-state index is 4.31. The summed E-state index contributed by atoms with van der Waals surface area (Å²) < 4.78 is 2.19. The highest BCUT2D eigenvalue weighted by Gasteiger charge is 2.02. The van der Waals surface area contributed by atoms with E-state index in [0.29, 0.717) is 5.92 Å². The Balaban J connectivity index is 2.39. The maximum Gasteiger partial charge on any atom is 0.202 e. The third kappa shape index (κ3) is 4.60. The molecule has 0 bridgehead atoms. The Kier molecular flexibility index (Phi) is 5.61. The van der Waals surface area contributed by atoms with Crippen molar-refractivity contribution in [3.05, 3.63) is 12.4 Å². The van der Waals surface area contributed by atoms with E-state index in [4.69, 9.17) is 0 Å². The number of hydrogen-bond donors (Lipinski definition) is 1. The fourth-order valence-electron chi connectivity index (χ4n) is 1.33. The molecule has 0 saturated heterocycles. The largest absolute Gasteiger partial charge is 0.355 e. The predicted octanol–water partition coefficient (Wildman–Crippen LogP) is 2.70. The SMILES string of the molecule is CSCCCn1ccnc1NCC(C)C. The number of rotatable bonds is 7. The summed E-state index contributed by atoms with van der Waals surface area (Å²) in [6.45, 7) is 6.45. The van der Waals surface area contributed by atoms with E-state index in [0.717, 1.165) is 19.0 Å². The molecular formula is C11H21N3S. The fraction of sp³-hybridized carbons (Fsp3) is 0.727. The molecule has 0 aliphatic carbocycles. The quantitative estimate of drug-likeness (QED) is 0.726. The molecule has 86 valence electrons. The van der Waals surface area contributed by atoms with Crippen molar-refractivity contribution in [1.82, 2.24) is 9.55 Å². The first kappa shape index (κ1) is 12.4. The molecule has 0 unspecified atom stereocenters. The number of nitrogens with one attached hydrogen (secondary N) is 1. The summed E-state index contributed by atoms with van der Waals surface area (Å²) in [7, 11) is 0. The highest BCUT2D eigenvalue weighted by atomic mass is 32.2. The Morgan fingerprint density at radius 1 is 1.53 bits per heavy atom. The van der Waals surface area contributed by atoms with Crippen LogP contribution in [0.2, 0.25) is 0 Å². The topological polar surface area (TPSA) is 29.9 Å². The zero-order chi connectivity index (χ0) is 11.1. The van der Waals surface area contributed by atoms with Crippen molar-refractivity contribution in [2.24, 2.45) is 5.92 Å². The molecule has 1 aromatic rings. The van der Waals surface area contributed by atoms with E-state index in [9.17, 15) is 0 Å². The van der Waals surface area contributed by atoms with E-state index in [2.05, 4.69) is 35.0 Å². The zero-order valence-electron chi connectivity index (χ0n) is 9.86. The van der Waals surface area contributed by atoms with Crippen molar-refractivity contribution in [2.75, 3.05) is 23.9 Å². The van der Waals surface area contributed by atoms with Crippen molar-refractivity contribution >= 4 is 17.7 Å². The van der Waals surface area contributed by atoms with Gasteiger partial charge in [-0.15, -0.1) is 0 Å². The number of aromatic nitrogens is 2. The first-order valence-electron chi connectivity index (χ1n) is 5.48. The van der Waals surface area contributed by atoms with Crippen molar-refractivity contribution < 1.29 is 0 Å². The molecule has 0 radical (unpaired) electrons. The van der Waals surface area contributed by atoms with Crippen LogP contribution in [0.1, 0.15) is 20.3 Å². The lowest BCUT2D eigenvalue weighted by Crippen LogP contribution is -2.13. The molecule has 3 nitrogen and oxygen atoms in total. The standard InChI is InChI=1S/C11H21N3S/c1-10(2)9-13-11-12-5-7-14(11)6-4-8-15-3/h5,7,10H,4,6,8-9H2,1-3H3,(H,12,13). The van der Waals surface area contributed by atoms with Crippen LogP contribution in [0, 0.1) is 5.92 Å². The normalized spacial score (nSPS) is 10.9. The second-order valence-electron chi connectivity index (χ2n) is 4.07. The van der Waals surface area contributed by atoms with E-state index in [1.165, 1.54) is 12.2 Å². The molecule has 0 spiro atoms. The van der Waals surface area contributed by atoms with Gasteiger partial charge in [0.25, 0.3) is 0 Å². The van der Waals surface area contributed by atoms with E-state index in [1.54, 1.807) is 0 Å². The summed E-state index contributed by atoms with van der Waals surface area (Å²) in [5, 5.41) is 3.36. The first-order chi connectivity index (χ1) is 7.24. The van der Waals surface area contributed by atoms with Crippen LogP contribution in [0.15, 0.2) is 12.4 Å². The van der Waals surface area contributed by atoms with Gasteiger partial charge in [-0.1, -0.05) is 13.8 Å². The van der Waals surface area contributed by atoms with Crippen LogP contribution >= 0.6 is 11.8 Å². The van der Waals surface area contributed by atoms with Gasteiger partial charge in [0.15, 0.2) is 0 Å². The van der Waals surface area contributed by atoms with Crippen LogP contribution in [0.5, 0.6) is 0 Å². The maximum absolute atomic E-state index is 4.31. The minimum atomic E-state index is 0.654. The monoisotopic (exact) mass is 227 g/mol. The second kappa shape index (κ2) is 6.77. The molecule has 0 aliphatic heterocycles. The fourth-order valence-corrected chi connectivity index (χ4v) is 1.75. The average molecular weight is 227 g/mol. The van der Waals surface area contributed by atoms with Gasteiger partial charge in [-0.2, -0.15) is 11.8 Å². The molecule has 1 aromatic heterocycles. The predicted molar refractivity (Wildman–Crippen MR) is 68.6 cm³/mol. The lowest BCUT2D eigenvalue weighted by atomic mass is 10.2. The lowest BCUT2D eigenvalue weighted by Gasteiger charge is -2.10. The summed E-state index contributed by atoms with van der Waals surface area (Å²) >= 11 is 1.89. The van der Waals surface area contributed by atoms with Crippen molar-refractivity contribution in [1.29, 1.82) is 0 Å². The summed E-state index contributed by atoms with van der Waals surface area (Å²) in [5.74, 6) is 2.87. The summed E-state index contributed by atoms with van der Waals surface area (Å²) in [5.41, 5.74) is 0. The third-order valence-corrected chi connectivity index (χ3v) is 2.83. The van der Waals surface area contributed by atoms with Gasteiger partial charge >= 0.3 is 0 Å². The van der Waals surface area contributed by atoms with Crippen LogP contribution in [0.3, 0.4) is 0 Å². The zero-order valence-corrected chi connectivity index (χ0v) is 10.7. The van der Waals surface area contributed by atoms with Crippen molar-refractivity contribution in [3.63, 3.8) is 0 Å². The minimum absolute atomic E-state index is 0.654. The van der Waals surface area contributed by atoms with Crippen molar-refractivity contribution in [2.45, 2.75) is 26.8 Å². The molecule has 0 atom stereocenters. The van der Waals surface area contributed by atoms with E-state index in [1.807, 2.05) is 24.2 Å². The van der Waals surface area contributed by atoms with Gasteiger partial charge < -0.3 is 9.88 Å². The van der Waals surface area contributed by atoms with Gasteiger partial charge in [-0.3, -0.25) is 0 Å². The molecule has 1 rings (SSSR count). The second-order valence-corrected chi connectivity index (χ2v) is 5.05. The number of aryl methyl sites for hydroxylation is 1. The van der Waals surface area contributed by atoms with E-state index < -0.39 is 0 Å². The number of thioether (sulfide) groups is 1. The van der Waals surface area contributed by atoms with Crippen LogP contribution in [-0.2, 0) is 6.54 Å². The molecule has 0 fully saturated rings. The highest BCUT2D eigenvalue weighted by Crippen LogP contribution is 2.07. The highest BCUT2D eigenvalue weighted by molar-refractivity contribution is 7.98. The lowest BCUT2D eigenvalue weighted by molar-refractivity contribution is 0.656. The molecule has 0 saturated carbocycles. The van der Waals surface area contributed by atoms with Crippen LogP contribution in [-0.4, -0.2) is 28.1 Å². The van der Waals surface area contributed by atoms with Gasteiger partial charge in [0.2, 0.25) is 5.95 Å². The van der Waals surface area contributed by atoms with Gasteiger partial charge in [-0.05, 0) is 24.3 Å². The Bertz CT molecular complexity index is 271. The van der Waals surface area contributed by atoms with Gasteiger partial charge in [0.1, 0.15) is 0 Å². The van der Waals surface area contributed by atoms with Gasteiger partial charge in [0.05, 0.1) is 0 Å². The Morgan fingerprint density at radius 3 is 3.00 bits per heavy atom. The van der Waals surface area contributed by atoms with Gasteiger partial charge in [-0.25, -0.2) is 4.98 Å². The molecule has 0 amide bonds. The van der Waals surface area contributed by atoms with Crippen LogP contribution in [0.4, 0.5) is 5.95 Å². The summed E-state index contributed by atoms with van der Waals surface area (Å²) in [6, 6.07) is 0. The minimum Gasteiger partial charge on any atom is -0.355 e. The molecule has 4 heteroatoms. The summed E-state index contributed by atoms with van der Waals surface area (Å²) in [6.07, 6.45) is 7.25. The molecule has 1 N–H and O–H groups in total. The van der Waals surface area contributed by atoms with Gasteiger partial charge in [0, 0.05) is 25.5 Å². The summed E-state index contributed by atoms with van der Waals surface area (Å²) in [4.78, 5) is 4.31. The average Bonchev–Trinajstić information content (AvgIpc) is 2.63. The third-order valence-electron chi connectivity index (χ3n) is 2.13. The Labute approximate surface area is 96.7 Å². The molecule has 0 aliphatic rings. The first-order valence-corrected chi connectivity index (χ1v) is 6.87. The Hall–Kier alpha value is -0.640. The number of imidazole rings is 1.